The van der Waals surface area contributed by atoms with Crippen LogP contribution in [0.4, 0.5) is 4.39 Å². The molecule has 0 fully saturated rings. The van der Waals surface area contributed by atoms with E-state index in [-0.39, 0.29) is 11.7 Å². The van der Waals surface area contributed by atoms with Gasteiger partial charge in [-0.05, 0) is 42.8 Å². The highest BCUT2D eigenvalue weighted by molar-refractivity contribution is 5.93. The quantitative estimate of drug-likeness (QED) is 0.535. The summed E-state index contributed by atoms with van der Waals surface area (Å²) >= 11 is 0. The standard InChI is InChI=1S/C20H18FN5O/c21-15-6-8-16(9-7-15)26-13-22-12-19(26)20(27)23-10-3-11-25-14-24-17-4-1-2-5-18(17)25/h1-2,4-9,12-14H,3,10-11H2,(H,23,27). The topological polar surface area (TPSA) is 64.7 Å². The van der Waals surface area contributed by atoms with Gasteiger partial charge >= 0.3 is 0 Å². The average molecular weight is 363 g/mol. The Bertz CT molecular complexity index is 1070. The number of imidazole rings is 2. The van der Waals surface area contributed by atoms with Crippen molar-refractivity contribution in [1.82, 2.24) is 24.4 Å². The molecule has 4 aromatic rings. The maximum Gasteiger partial charge on any atom is 0.269 e. The lowest BCUT2D eigenvalue weighted by atomic mass is 10.3. The highest BCUT2D eigenvalue weighted by atomic mass is 19.1. The lowest BCUT2D eigenvalue weighted by Crippen LogP contribution is -2.27. The summed E-state index contributed by atoms with van der Waals surface area (Å²) in [6.45, 7) is 1.29. The maximum atomic E-state index is 13.1. The molecule has 0 atom stereocenters. The van der Waals surface area contributed by atoms with Crippen LogP contribution in [-0.2, 0) is 6.54 Å². The Morgan fingerprint density at radius 3 is 2.74 bits per heavy atom. The van der Waals surface area contributed by atoms with Gasteiger partial charge in [-0.1, -0.05) is 12.1 Å². The molecule has 0 aliphatic rings. The van der Waals surface area contributed by atoms with E-state index in [9.17, 15) is 9.18 Å². The van der Waals surface area contributed by atoms with Gasteiger partial charge in [0.25, 0.3) is 5.91 Å². The van der Waals surface area contributed by atoms with Gasteiger partial charge in [-0.3, -0.25) is 9.36 Å². The van der Waals surface area contributed by atoms with E-state index in [0.717, 1.165) is 24.0 Å². The number of aryl methyl sites for hydroxylation is 1. The van der Waals surface area contributed by atoms with Crippen molar-refractivity contribution in [3.8, 4) is 5.69 Å². The van der Waals surface area contributed by atoms with E-state index in [2.05, 4.69) is 19.9 Å². The molecule has 6 nitrogen and oxygen atoms in total. The maximum absolute atomic E-state index is 13.1. The second-order valence-corrected chi connectivity index (χ2v) is 6.16. The smallest absolute Gasteiger partial charge is 0.269 e. The van der Waals surface area contributed by atoms with E-state index in [1.807, 2.05) is 30.6 Å². The van der Waals surface area contributed by atoms with E-state index in [1.54, 1.807) is 23.0 Å². The fourth-order valence-corrected chi connectivity index (χ4v) is 3.00. The fraction of sp³-hybridized carbons (Fsp3) is 0.150. The number of carbonyl (C=O) groups is 1. The third-order valence-corrected chi connectivity index (χ3v) is 4.36. The van der Waals surface area contributed by atoms with Crippen molar-refractivity contribution >= 4 is 16.9 Å². The van der Waals surface area contributed by atoms with Crippen LogP contribution in [-0.4, -0.2) is 31.6 Å². The molecule has 4 rings (SSSR count). The zero-order valence-corrected chi connectivity index (χ0v) is 14.5. The molecule has 0 aliphatic heterocycles. The normalized spacial score (nSPS) is 11.0. The number of nitrogens with zero attached hydrogens (tertiary/aromatic N) is 4. The Morgan fingerprint density at radius 1 is 1.07 bits per heavy atom. The zero-order chi connectivity index (χ0) is 18.6. The highest BCUT2D eigenvalue weighted by Gasteiger charge is 2.12. The molecule has 0 radical (unpaired) electrons. The Hall–Kier alpha value is -3.48. The molecule has 1 N–H and O–H groups in total. The summed E-state index contributed by atoms with van der Waals surface area (Å²) < 4.78 is 16.8. The van der Waals surface area contributed by atoms with Crippen molar-refractivity contribution in [2.24, 2.45) is 0 Å². The van der Waals surface area contributed by atoms with E-state index < -0.39 is 0 Å². The first-order chi connectivity index (χ1) is 13.2. The highest BCUT2D eigenvalue weighted by Crippen LogP contribution is 2.13. The summed E-state index contributed by atoms with van der Waals surface area (Å²) in [5.74, 6) is -0.538. The molecule has 7 heteroatoms. The van der Waals surface area contributed by atoms with E-state index in [0.29, 0.717) is 17.9 Å². The summed E-state index contributed by atoms with van der Waals surface area (Å²) in [7, 11) is 0. The molecule has 0 bridgehead atoms. The lowest BCUT2D eigenvalue weighted by Gasteiger charge is -2.09. The molecular weight excluding hydrogens is 345 g/mol. The fourth-order valence-electron chi connectivity index (χ4n) is 3.00. The Morgan fingerprint density at radius 2 is 1.89 bits per heavy atom. The van der Waals surface area contributed by atoms with E-state index in [4.69, 9.17) is 0 Å². The molecule has 0 unspecified atom stereocenters. The second kappa shape index (κ2) is 7.41. The minimum atomic E-state index is -0.322. The summed E-state index contributed by atoms with van der Waals surface area (Å²) in [6.07, 6.45) is 5.63. The molecule has 136 valence electrons. The van der Waals surface area contributed by atoms with Crippen LogP contribution in [0.5, 0.6) is 0 Å². The molecule has 0 saturated carbocycles. The number of nitrogens with one attached hydrogen (secondary N) is 1. The summed E-state index contributed by atoms with van der Waals surface area (Å²) in [5.41, 5.74) is 3.14. The van der Waals surface area contributed by atoms with Gasteiger partial charge in [0.1, 0.15) is 11.5 Å². The number of halogens is 1. The molecule has 0 saturated heterocycles. The van der Waals surface area contributed by atoms with Gasteiger partial charge in [-0.25, -0.2) is 14.4 Å². The van der Waals surface area contributed by atoms with Crippen LogP contribution in [0.2, 0.25) is 0 Å². The number of benzene rings is 2. The van der Waals surface area contributed by atoms with Gasteiger partial charge in [0, 0.05) is 18.8 Å². The Labute approximate surface area is 155 Å². The third kappa shape index (κ3) is 3.57. The second-order valence-electron chi connectivity index (χ2n) is 6.16. The van der Waals surface area contributed by atoms with Crippen LogP contribution < -0.4 is 5.32 Å². The number of aromatic nitrogens is 4. The van der Waals surface area contributed by atoms with Gasteiger partial charge < -0.3 is 9.88 Å². The number of hydrogen-bond donors (Lipinski definition) is 1. The van der Waals surface area contributed by atoms with Crippen LogP contribution in [0, 0.1) is 5.82 Å². The van der Waals surface area contributed by atoms with Gasteiger partial charge in [0.05, 0.1) is 29.9 Å². The number of hydrogen-bond acceptors (Lipinski definition) is 3. The number of fused-ring (bicyclic) bond motifs is 1. The molecule has 2 aromatic heterocycles. The molecule has 2 aromatic carbocycles. The average Bonchev–Trinajstić information content (AvgIpc) is 3.33. The van der Waals surface area contributed by atoms with E-state index in [1.165, 1.54) is 18.3 Å². The van der Waals surface area contributed by atoms with Crippen molar-refractivity contribution in [3.63, 3.8) is 0 Å². The predicted octanol–water partition coefficient (Wildman–Crippen LogP) is 3.18. The monoisotopic (exact) mass is 363 g/mol. The van der Waals surface area contributed by atoms with Crippen molar-refractivity contribution in [2.45, 2.75) is 13.0 Å². The molecular formula is C20H18FN5O. The minimum Gasteiger partial charge on any atom is -0.351 e. The number of para-hydroxylation sites is 2. The van der Waals surface area contributed by atoms with Gasteiger partial charge in [0.15, 0.2) is 0 Å². The number of amides is 1. The van der Waals surface area contributed by atoms with Crippen molar-refractivity contribution in [2.75, 3.05) is 6.54 Å². The molecule has 0 spiro atoms. The van der Waals surface area contributed by atoms with Crippen LogP contribution in [0.1, 0.15) is 16.9 Å². The first-order valence-corrected chi connectivity index (χ1v) is 8.69. The zero-order valence-electron chi connectivity index (χ0n) is 14.5. The third-order valence-electron chi connectivity index (χ3n) is 4.36. The van der Waals surface area contributed by atoms with Crippen LogP contribution in [0.15, 0.2) is 67.4 Å². The largest absolute Gasteiger partial charge is 0.351 e. The van der Waals surface area contributed by atoms with Gasteiger partial charge in [0.2, 0.25) is 0 Å². The molecule has 27 heavy (non-hydrogen) atoms. The van der Waals surface area contributed by atoms with Crippen molar-refractivity contribution in [3.05, 3.63) is 78.9 Å². The SMILES string of the molecule is O=C(NCCCn1cnc2ccccc21)c1cncn1-c1ccc(F)cc1. The summed E-state index contributed by atoms with van der Waals surface area (Å²) in [5, 5.41) is 2.91. The first-order valence-electron chi connectivity index (χ1n) is 8.69. The van der Waals surface area contributed by atoms with Crippen molar-refractivity contribution < 1.29 is 9.18 Å². The Balaban J connectivity index is 1.36. The minimum absolute atomic E-state index is 0.215. The molecule has 2 heterocycles. The van der Waals surface area contributed by atoms with Crippen LogP contribution >= 0.6 is 0 Å². The lowest BCUT2D eigenvalue weighted by molar-refractivity contribution is 0.0946. The number of rotatable bonds is 6. The van der Waals surface area contributed by atoms with E-state index >= 15 is 0 Å². The van der Waals surface area contributed by atoms with Crippen molar-refractivity contribution in [1.29, 1.82) is 0 Å². The predicted molar refractivity (Wildman–Crippen MR) is 100 cm³/mol. The number of carbonyl (C=O) groups excluding carboxylic acids is 1. The Kier molecular flexibility index (Phi) is 4.65. The van der Waals surface area contributed by atoms with Crippen LogP contribution in [0.25, 0.3) is 16.7 Å². The first kappa shape index (κ1) is 17.0. The van der Waals surface area contributed by atoms with Gasteiger partial charge in [-0.2, -0.15) is 0 Å². The summed E-state index contributed by atoms with van der Waals surface area (Å²) in [6, 6.07) is 13.9. The molecule has 0 aliphatic carbocycles. The van der Waals surface area contributed by atoms with Gasteiger partial charge in [-0.15, -0.1) is 0 Å². The summed E-state index contributed by atoms with van der Waals surface area (Å²) in [4.78, 5) is 20.9. The molecule has 1 amide bonds. The van der Waals surface area contributed by atoms with Crippen LogP contribution in [0.3, 0.4) is 0 Å².